The van der Waals surface area contributed by atoms with Gasteiger partial charge < -0.3 is 4.42 Å². The van der Waals surface area contributed by atoms with Gasteiger partial charge in [-0.05, 0) is 38.1 Å². The molecular formula is C11H18ClNO. The van der Waals surface area contributed by atoms with E-state index in [1.54, 1.807) is 6.26 Å². The highest BCUT2D eigenvalue weighted by Gasteiger charge is 2.04. The Morgan fingerprint density at radius 2 is 2.29 bits per heavy atom. The van der Waals surface area contributed by atoms with E-state index >= 15 is 0 Å². The lowest BCUT2D eigenvalue weighted by atomic mass is 10.3. The van der Waals surface area contributed by atoms with Crippen LogP contribution in [0.25, 0.3) is 0 Å². The number of nitrogens with zero attached hydrogens (tertiary/aromatic N) is 1. The molecule has 0 saturated heterocycles. The summed E-state index contributed by atoms with van der Waals surface area (Å²) in [6.45, 7) is 5.24. The summed E-state index contributed by atoms with van der Waals surface area (Å²) in [7, 11) is 0. The molecule has 0 aliphatic rings. The van der Waals surface area contributed by atoms with Gasteiger partial charge in [0.05, 0.1) is 12.8 Å². The standard InChI is InChI=1S/C11H18ClNO/c1-2-13(8-4-3-7-12)10-11-6-5-9-14-11/h5-6,9H,2-4,7-8,10H2,1H3. The zero-order valence-electron chi connectivity index (χ0n) is 8.71. The largest absolute Gasteiger partial charge is 0.468 e. The highest BCUT2D eigenvalue weighted by Crippen LogP contribution is 2.06. The van der Waals surface area contributed by atoms with Gasteiger partial charge in [-0.25, -0.2) is 0 Å². The third kappa shape index (κ3) is 4.16. The predicted octanol–water partition coefficient (Wildman–Crippen LogP) is 3.12. The van der Waals surface area contributed by atoms with Crippen LogP contribution >= 0.6 is 11.6 Å². The smallest absolute Gasteiger partial charge is 0.117 e. The van der Waals surface area contributed by atoms with Crippen molar-refractivity contribution in [2.45, 2.75) is 26.3 Å². The highest BCUT2D eigenvalue weighted by molar-refractivity contribution is 6.17. The average Bonchev–Trinajstić information content (AvgIpc) is 2.69. The van der Waals surface area contributed by atoms with Crippen LogP contribution in [0.1, 0.15) is 25.5 Å². The molecule has 0 spiro atoms. The first-order valence-electron chi connectivity index (χ1n) is 5.17. The SMILES string of the molecule is CCN(CCCCCl)Cc1ccco1. The van der Waals surface area contributed by atoms with Gasteiger partial charge in [0.25, 0.3) is 0 Å². The maximum Gasteiger partial charge on any atom is 0.117 e. The Balaban J connectivity index is 2.24. The van der Waals surface area contributed by atoms with E-state index in [1.807, 2.05) is 12.1 Å². The van der Waals surface area contributed by atoms with E-state index in [9.17, 15) is 0 Å². The lowest BCUT2D eigenvalue weighted by molar-refractivity contribution is 0.252. The monoisotopic (exact) mass is 215 g/mol. The quantitative estimate of drug-likeness (QED) is 0.513. The molecule has 0 aliphatic carbocycles. The molecule has 2 nitrogen and oxygen atoms in total. The summed E-state index contributed by atoms with van der Waals surface area (Å²) >= 11 is 5.63. The predicted molar refractivity (Wildman–Crippen MR) is 59.6 cm³/mol. The molecule has 0 bridgehead atoms. The third-order valence-corrected chi connectivity index (χ3v) is 2.53. The molecule has 1 heterocycles. The number of hydrogen-bond donors (Lipinski definition) is 0. The molecule has 0 aliphatic heterocycles. The number of hydrogen-bond acceptors (Lipinski definition) is 2. The minimum Gasteiger partial charge on any atom is -0.468 e. The van der Waals surface area contributed by atoms with Crippen LogP contribution in [0.5, 0.6) is 0 Å². The summed E-state index contributed by atoms with van der Waals surface area (Å²) in [5.41, 5.74) is 0. The molecule has 0 saturated carbocycles. The maximum absolute atomic E-state index is 5.63. The lowest BCUT2D eigenvalue weighted by Gasteiger charge is -2.18. The van der Waals surface area contributed by atoms with Crippen molar-refractivity contribution in [2.24, 2.45) is 0 Å². The normalized spacial score (nSPS) is 11.1. The van der Waals surface area contributed by atoms with Crippen molar-refractivity contribution in [1.29, 1.82) is 0 Å². The molecule has 3 heteroatoms. The Morgan fingerprint density at radius 1 is 1.43 bits per heavy atom. The molecule has 1 rings (SSSR count). The van der Waals surface area contributed by atoms with Crippen LogP contribution in [0.4, 0.5) is 0 Å². The lowest BCUT2D eigenvalue weighted by Crippen LogP contribution is -2.23. The van der Waals surface area contributed by atoms with Crippen LogP contribution in [0.2, 0.25) is 0 Å². The minimum atomic E-state index is 0.762. The summed E-state index contributed by atoms with van der Waals surface area (Å²) in [5.74, 6) is 1.80. The first-order chi connectivity index (χ1) is 6.86. The zero-order valence-corrected chi connectivity index (χ0v) is 9.46. The van der Waals surface area contributed by atoms with Crippen LogP contribution in [0.15, 0.2) is 22.8 Å². The van der Waals surface area contributed by atoms with Crippen molar-refractivity contribution in [2.75, 3.05) is 19.0 Å². The second-order valence-corrected chi connectivity index (χ2v) is 3.72. The van der Waals surface area contributed by atoms with E-state index in [4.69, 9.17) is 16.0 Å². The number of rotatable bonds is 7. The van der Waals surface area contributed by atoms with E-state index in [1.165, 1.54) is 0 Å². The van der Waals surface area contributed by atoms with Crippen molar-refractivity contribution in [3.05, 3.63) is 24.2 Å². The second kappa shape index (κ2) is 6.91. The van der Waals surface area contributed by atoms with Crippen LogP contribution in [0, 0.1) is 0 Å². The van der Waals surface area contributed by atoms with Crippen molar-refractivity contribution < 1.29 is 4.42 Å². The second-order valence-electron chi connectivity index (χ2n) is 3.34. The van der Waals surface area contributed by atoms with Gasteiger partial charge in [-0.3, -0.25) is 4.90 Å². The van der Waals surface area contributed by atoms with Gasteiger partial charge in [0.15, 0.2) is 0 Å². The van der Waals surface area contributed by atoms with Gasteiger partial charge in [0.2, 0.25) is 0 Å². The van der Waals surface area contributed by atoms with Gasteiger partial charge in [0.1, 0.15) is 5.76 Å². The average molecular weight is 216 g/mol. The number of alkyl halides is 1. The molecule has 80 valence electrons. The fourth-order valence-electron chi connectivity index (χ4n) is 1.40. The van der Waals surface area contributed by atoms with Crippen molar-refractivity contribution >= 4 is 11.6 Å². The fourth-order valence-corrected chi connectivity index (χ4v) is 1.59. The van der Waals surface area contributed by atoms with Crippen molar-refractivity contribution in [3.63, 3.8) is 0 Å². The minimum absolute atomic E-state index is 0.762. The number of halogens is 1. The van der Waals surface area contributed by atoms with Gasteiger partial charge >= 0.3 is 0 Å². The molecule has 0 aromatic carbocycles. The first kappa shape index (κ1) is 11.6. The van der Waals surface area contributed by atoms with E-state index in [2.05, 4.69) is 11.8 Å². The molecule has 14 heavy (non-hydrogen) atoms. The fraction of sp³-hybridized carbons (Fsp3) is 0.636. The van der Waals surface area contributed by atoms with Crippen molar-refractivity contribution in [1.82, 2.24) is 4.90 Å². The summed E-state index contributed by atoms with van der Waals surface area (Å²) in [5, 5.41) is 0. The summed E-state index contributed by atoms with van der Waals surface area (Å²) in [6.07, 6.45) is 3.98. The zero-order chi connectivity index (χ0) is 10.2. The third-order valence-electron chi connectivity index (χ3n) is 2.26. The Hall–Kier alpha value is -0.470. The van der Waals surface area contributed by atoms with Crippen LogP contribution in [-0.2, 0) is 6.54 Å². The van der Waals surface area contributed by atoms with E-state index in [-0.39, 0.29) is 0 Å². The molecule has 0 atom stereocenters. The molecule has 0 fully saturated rings. The van der Waals surface area contributed by atoms with Crippen LogP contribution in [0.3, 0.4) is 0 Å². The van der Waals surface area contributed by atoms with Crippen molar-refractivity contribution in [3.8, 4) is 0 Å². The highest BCUT2D eigenvalue weighted by atomic mass is 35.5. The Morgan fingerprint density at radius 3 is 2.86 bits per heavy atom. The van der Waals surface area contributed by atoms with E-state index in [0.29, 0.717) is 0 Å². The Labute approximate surface area is 90.8 Å². The summed E-state index contributed by atoms with van der Waals surface area (Å²) in [6, 6.07) is 3.95. The van der Waals surface area contributed by atoms with Gasteiger partial charge in [0, 0.05) is 5.88 Å². The molecule has 0 amide bonds. The molecule has 0 radical (unpaired) electrons. The number of furan rings is 1. The molecular weight excluding hydrogens is 198 g/mol. The van der Waals surface area contributed by atoms with Gasteiger partial charge in [-0.1, -0.05) is 6.92 Å². The summed E-state index contributed by atoms with van der Waals surface area (Å²) < 4.78 is 5.30. The van der Waals surface area contributed by atoms with Crippen LogP contribution in [-0.4, -0.2) is 23.9 Å². The Bertz CT molecular complexity index is 223. The topological polar surface area (TPSA) is 16.4 Å². The van der Waals surface area contributed by atoms with Gasteiger partial charge in [-0.2, -0.15) is 0 Å². The Kier molecular flexibility index (Phi) is 5.72. The van der Waals surface area contributed by atoms with E-state index in [0.717, 1.165) is 44.1 Å². The summed E-state index contributed by atoms with van der Waals surface area (Å²) in [4.78, 5) is 2.37. The van der Waals surface area contributed by atoms with Crippen LogP contribution < -0.4 is 0 Å². The maximum atomic E-state index is 5.63. The molecule has 1 aromatic heterocycles. The first-order valence-corrected chi connectivity index (χ1v) is 5.71. The number of unbranched alkanes of at least 4 members (excludes halogenated alkanes) is 1. The van der Waals surface area contributed by atoms with Gasteiger partial charge in [-0.15, -0.1) is 11.6 Å². The van der Waals surface area contributed by atoms with E-state index < -0.39 is 0 Å². The molecule has 0 unspecified atom stereocenters. The molecule has 0 N–H and O–H groups in total. The molecule has 1 aromatic rings.